The summed E-state index contributed by atoms with van der Waals surface area (Å²) in [5.41, 5.74) is 0. The molecule has 0 aromatic heterocycles. The first-order valence-corrected chi connectivity index (χ1v) is 26.9. The summed E-state index contributed by atoms with van der Waals surface area (Å²) in [6.07, 6.45) is 31.4. The third-order valence-corrected chi connectivity index (χ3v) is 13.0. The van der Waals surface area contributed by atoms with Crippen LogP contribution in [0.4, 0.5) is 0 Å². The number of aliphatic hydroxyl groups is 8. The number of aliphatic hydroxyl groups excluding tert-OH is 8. The van der Waals surface area contributed by atoms with Gasteiger partial charge in [0.15, 0.2) is 12.6 Å². The van der Waals surface area contributed by atoms with E-state index in [1.165, 1.54) is 109 Å². The summed E-state index contributed by atoms with van der Waals surface area (Å²) in [6, 6.07) is -0.935. The van der Waals surface area contributed by atoms with Gasteiger partial charge in [0.05, 0.1) is 32.0 Å². The standard InChI is InChI=1S/C54H97NO13/c1-3-5-7-9-11-13-15-17-19-21-23-25-27-29-31-33-35-37-43(58)42(55-46(59)38-36-34-32-30-28-26-24-22-20-18-16-14-12-10-8-6-4-2)41-65-53-51(64)49(62)52(45(40-57)67-53)68-54-50(63)48(61)47(60)44(39-56)66-54/h12,14,18,20,27,29,35,37,42-45,47-54,56-58,60-64H,3-11,13,15-17,19,21-26,28,30-34,36,38-41H2,1-2H3,(H,55,59)/b14-12-,20-18-,29-27+,37-35+. The highest BCUT2D eigenvalue weighted by Gasteiger charge is 2.51. The van der Waals surface area contributed by atoms with Crippen LogP contribution in [-0.2, 0) is 23.7 Å². The molecule has 12 unspecified atom stereocenters. The molecule has 2 aliphatic heterocycles. The Morgan fingerprint density at radius 3 is 1.56 bits per heavy atom. The predicted octanol–water partition coefficient (Wildman–Crippen LogP) is 7.66. The van der Waals surface area contributed by atoms with E-state index in [9.17, 15) is 45.6 Å². The number of rotatable bonds is 41. The molecule has 0 spiro atoms. The fourth-order valence-corrected chi connectivity index (χ4v) is 8.57. The fourth-order valence-electron chi connectivity index (χ4n) is 8.57. The van der Waals surface area contributed by atoms with Crippen LogP contribution in [0.1, 0.15) is 194 Å². The van der Waals surface area contributed by atoms with E-state index in [0.717, 1.165) is 51.4 Å². The summed E-state index contributed by atoms with van der Waals surface area (Å²) in [4.78, 5) is 13.2. The highest BCUT2D eigenvalue weighted by atomic mass is 16.7. The van der Waals surface area contributed by atoms with Gasteiger partial charge in [-0.1, -0.05) is 172 Å². The van der Waals surface area contributed by atoms with Crippen LogP contribution in [0.2, 0.25) is 0 Å². The van der Waals surface area contributed by atoms with Gasteiger partial charge in [-0.2, -0.15) is 0 Å². The van der Waals surface area contributed by atoms with Crippen LogP contribution in [0.3, 0.4) is 0 Å². The number of allylic oxidation sites excluding steroid dienone is 7. The maximum Gasteiger partial charge on any atom is 0.220 e. The molecule has 12 atom stereocenters. The van der Waals surface area contributed by atoms with E-state index < -0.39 is 86.8 Å². The number of unbranched alkanes of at least 4 members (excludes halogenated alkanes) is 22. The Bertz CT molecular complexity index is 1330. The van der Waals surface area contributed by atoms with E-state index in [1.807, 2.05) is 6.08 Å². The Kier molecular flexibility index (Phi) is 37.0. The second kappa shape index (κ2) is 40.5. The lowest BCUT2D eigenvalue weighted by Gasteiger charge is -2.46. The zero-order valence-electron chi connectivity index (χ0n) is 42.1. The minimum atomic E-state index is -1.79. The Hall–Kier alpha value is -2.05. The largest absolute Gasteiger partial charge is 0.394 e. The SMILES string of the molecule is CCCCC/C=C\C/C=C\CCCCCCCCCC(=O)NC(COC1OC(CO)C(OC2OC(CO)C(O)C(O)C2O)C(O)C1O)C(O)/C=C/CC/C=C/CCCCCCCCCCCCC. The molecule has 0 saturated carbocycles. The Balaban J connectivity index is 1.85. The number of carbonyl (C=O) groups is 1. The third-order valence-electron chi connectivity index (χ3n) is 13.0. The van der Waals surface area contributed by atoms with E-state index in [4.69, 9.17) is 18.9 Å². The lowest BCUT2D eigenvalue weighted by Crippen LogP contribution is -2.65. The molecule has 2 saturated heterocycles. The summed E-state index contributed by atoms with van der Waals surface area (Å²) in [5.74, 6) is -0.259. The number of hydrogen-bond donors (Lipinski definition) is 9. The van der Waals surface area contributed by atoms with Gasteiger partial charge in [0, 0.05) is 6.42 Å². The molecule has 0 aliphatic carbocycles. The second-order valence-electron chi connectivity index (χ2n) is 19.0. The lowest BCUT2D eigenvalue weighted by atomic mass is 9.97. The van der Waals surface area contributed by atoms with Gasteiger partial charge >= 0.3 is 0 Å². The Morgan fingerprint density at radius 2 is 0.985 bits per heavy atom. The van der Waals surface area contributed by atoms with E-state index in [-0.39, 0.29) is 18.9 Å². The van der Waals surface area contributed by atoms with E-state index in [2.05, 4.69) is 55.6 Å². The average Bonchev–Trinajstić information content (AvgIpc) is 3.34. The van der Waals surface area contributed by atoms with E-state index in [0.29, 0.717) is 12.8 Å². The van der Waals surface area contributed by atoms with Crippen LogP contribution in [0.25, 0.3) is 0 Å². The van der Waals surface area contributed by atoms with Crippen molar-refractivity contribution in [3.8, 4) is 0 Å². The molecule has 0 aromatic carbocycles. The molecule has 2 fully saturated rings. The van der Waals surface area contributed by atoms with Gasteiger partial charge in [-0.05, 0) is 64.2 Å². The van der Waals surface area contributed by atoms with Gasteiger partial charge in [-0.25, -0.2) is 0 Å². The van der Waals surface area contributed by atoms with E-state index in [1.54, 1.807) is 6.08 Å². The van der Waals surface area contributed by atoms with Gasteiger partial charge in [0.2, 0.25) is 5.91 Å². The fraction of sp³-hybridized carbons (Fsp3) is 0.833. The molecule has 14 nitrogen and oxygen atoms in total. The van der Waals surface area contributed by atoms with Crippen LogP contribution in [-0.4, -0.2) is 140 Å². The van der Waals surface area contributed by atoms with Crippen molar-refractivity contribution >= 4 is 5.91 Å². The Labute approximate surface area is 410 Å². The highest BCUT2D eigenvalue weighted by Crippen LogP contribution is 2.30. The summed E-state index contributed by atoms with van der Waals surface area (Å²) in [6.45, 7) is 2.73. The topological polar surface area (TPSA) is 228 Å². The number of carbonyl (C=O) groups excluding carboxylic acids is 1. The van der Waals surface area contributed by atoms with E-state index >= 15 is 0 Å². The van der Waals surface area contributed by atoms with Crippen LogP contribution < -0.4 is 5.32 Å². The molecule has 0 aromatic rings. The molecule has 2 heterocycles. The lowest BCUT2D eigenvalue weighted by molar-refractivity contribution is -0.359. The first kappa shape index (κ1) is 62.1. The van der Waals surface area contributed by atoms with Crippen molar-refractivity contribution in [2.24, 2.45) is 0 Å². The maximum atomic E-state index is 13.2. The molecule has 14 heteroatoms. The number of ether oxygens (including phenoxy) is 4. The minimum Gasteiger partial charge on any atom is -0.394 e. The monoisotopic (exact) mass is 968 g/mol. The molecule has 2 rings (SSSR count). The molecular formula is C54H97NO13. The molecular weight excluding hydrogens is 871 g/mol. The molecule has 1 amide bonds. The summed E-state index contributed by atoms with van der Waals surface area (Å²) < 4.78 is 22.7. The van der Waals surface area contributed by atoms with Gasteiger partial charge in [0.1, 0.15) is 48.8 Å². The van der Waals surface area contributed by atoms with Crippen molar-refractivity contribution in [1.29, 1.82) is 0 Å². The predicted molar refractivity (Wildman–Crippen MR) is 267 cm³/mol. The maximum absolute atomic E-state index is 13.2. The van der Waals surface area contributed by atoms with Crippen molar-refractivity contribution in [1.82, 2.24) is 5.32 Å². The molecule has 9 N–H and O–H groups in total. The van der Waals surface area contributed by atoms with Gasteiger partial charge < -0.3 is 65.1 Å². The van der Waals surface area contributed by atoms with Crippen LogP contribution in [0, 0.1) is 0 Å². The number of nitrogens with one attached hydrogen (secondary N) is 1. The van der Waals surface area contributed by atoms with Crippen molar-refractivity contribution < 1.29 is 64.6 Å². The molecule has 0 bridgehead atoms. The van der Waals surface area contributed by atoms with Gasteiger partial charge in [-0.15, -0.1) is 0 Å². The highest BCUT2D eigenvalue weighted by molar-refractivity contribution is 5.76. The van der Waals surface area contributed by atoms with Gasteiger partial charge in [0.25, 0.3) is 0 Å². The molecule has 0 radical (unpaired) electrons. The first-order valence-electron chi connectivity index (χ1n) is 26.9. The van der Waals surface area contributed by atoms with Crippen LogP contribution in [0.5, 0.6) is 0 Å². The van der Waals surface area contributed by atoms with Crippen molar-refractivity contribution in [2.75, 3.05) is 19.8 Å². The second-order valence-corrected chi connectivity index (χ2v) is 19.0. The quantitative estimate of drug-likeness (QED) is 0.0212. The Morgan fingerprint density at radius 1 is 0.529 bits per heavy atom. The first-order chi connectivity index (χ1) is 33.1. The van der Waals surface area contributed by atoms with Crippen molar-refractivity contribution in [3.63, 3.8) is 0 Å². The minimum absolute atomic E-state index is 0.259. The molecule has 2 aliphatic rings. The normalized spacial score (nSPS) is 26.7. The van der Waals surface area contributed by atoms with Crippen LogP contribution >= 0.6 is 0 Å². The van der Waals surface area contributed by atoms with Crippen LogP contribution in [0.15, 0.2) is 48.6 Å². The summed E-state index contributed by atoms with van der Waals surface area (Å²) >= 11 is 0. The van der Waals surface area contributed by atoms with Gasteiger partial charge in [-0.3, -0.25) is 4.79 Å². The van der Waals surface area contributed by atoms with Crippen molar-refractivity contribution in [2.45, 2.75) is 267 Å². The molecule has 68 heavy (non-hydrogen) atoms. The average molecular weight is 968 g/mol. The number of hydrogen-bond acceptors (Lipinski definition) is 13. The summed E-state index contributed by atoms with van der Waals surface area (Å²) in [7, 11) is 0. The third kappa shape index (κ3) is 27.0. The zero-order valence-corrected chi connectivity index (χ0v) is 42.1. The molecule has 396 valence electrons. The number of amides is 1. The summed E-state index contributed by atoms with van der Waals surface area (Å²) in [5, 5.41) is 86.8. The smallest absolute Gasteiger partial charge is 0.220 e. The van der Waals surface area contributed by atoms with Crippen molar-refractivity contribution in [3.05, 3.63) is 48.6 Å². The zero-order chi connectivity index (χ0) is 49.6.